The van der Waals surface area contributed by atoms with Crippen LogP contribution >= 0.6 is 11.3 Å². The summed E-state index contributed by atoms with van der Waals surface area (Å²) in [5.41, 5.74) is 0.810. The second-order valence-electron chi connectivity index (χ2n) is 5.22. The third-order valence-corrected chi connectivity index (χ3v) is 4.62. The first kappa shape index (κ1) is 17.1. The maximum absolute atomic E-state index is 14.2. The molecule has 0 bridgehead atoms. The number of fused-ring (bicyclic) bond motifs is 1. The second kappa shape index (κ2) is 7.44. The monoisotopic (exact) mass is 356 g/mol. The molecule has 0 N–H and O–H groups in total. The van der Waals surface area contributed by atoms with Gasteiger partial charge in [-0.05, 0) is 31.2 Å². The third-order valence-electron chi connectivity index (χ3n) is 3.58. The predicted molar refractivity (Wildman–Crippen MR) is 97.5 cm³/mol. The highest BCUT2D eigenvalue weighted by molar-refractivity contribution is 7.16. The van der Waals surface area contributed by atoms with Crippen LogP contribution in [0.25, 0.3) is 10.2 Å². The van der Waals surface area contributed by atoms with Crippen LogP contribution in [0.5, 0.6) is 5.75 Å². The van der Waals surface area contributed by atoms with Gasteiger partial charge in [0.15, 0.2) is 4.80 Å². The Morgan fingerprint density at radius 3 is 2.88 bits per heavy atom. The molecule has 0 saturated heterocycles. The second-order valence-corrected chi connectivity index (χ2v) is 6.23. The fraction of sp³-hybridized carbons (Fsp3) is 0.158. The summed E-state index contributed by atoms with van der Waals surface area (Å²) in [7, 11) is 0. The van der Waals surface area contributed by atoms with Crippen molar-refractivity contribution in [3.8, 4) is 5.75 Å². The molecule has 0 aliphatic rings. The Bertz CT molecular complexity index is 1000. The molecule has 0 spiro atoms. The molecule has 6 heteroatoms. The smallest absolute Gasteiger partial charge is 0.283 e. The normalized spacial score (nSPS) is 11.7. The van der Waals surface area contributed by atoms with Gasteiger partial charge in [-0.15, -0.1) is 6.58 Å². The topological polar surface area (TPSA) is 43.6 Å². The fourth-order valence-electron chi connectivity index (χ4n) is 2.54. The van der Waals surface area contributed by atoms with Crippen molar-refractivity contribution >= 4 is 27.5 Å². The zero-order chi connectivity index (χ0) is 17.8. The van der Waals surface area contributed by atoms with Crippen molar-refractivity contribution in [3.05, 3.63) is 71.3 Å². The number of para-hydroxylation sites is 2. The van der Waals surface area contributed by atoms with Crippen LogP contribution in [0.3, 0.4) is 0 Å². The minimum Gasteiger partial charge on any atom is -0.493 e. The molecule has 3 aromatic rings. The van der Waals surface area contributed by atoms with Gasteiger partial charge in [0, 0.05) is 6.54 Å². The number of halogens is 1. The Labute approximate surface area is 148 Å². The van der Waals surface area contributed by atoms with Crippen molar-refractivity contribution in [2.24, 2.45) is 4.99 Å². The standard InChI is InChI=1S/C19H17FN2O2S/c1-3-12-22-17-14(20)9-7-11-16(17)25-19(22)21-18(23)13-8-5-6-10-15(13)24-4-2/h3,5-11H,1,4,12H2,2H3. The van der Waals surface area contributed by atoms with Crippen molar-refractivity contribution < 1.29 is 13.9 Å². The molecule has 0 aliphatic heterocycles. The number of benzene rings is 2. The molecule has 0 saturated carbocycles. The van der Waals surface area contributed by atoms with Gasteiger partial charge >= 0.3 is 0 Å². The number of aromatic nitrogens is 1. The third kappa shape index (κ3) is 3.39. The lowest BCUT2D eigenvalue weighted by Crippen LogP contribution is -2.17. The molecular formula is C19H17FN2O2S. The molecule has 3 rings (SSSR count). The average Bonchev–Trinajstić information content (AvgIpc) is 2.95. The highest BCUT2D eigenvalue weighted by atomic mass is 32.1. The number of hydrogen-bond acceptors (Lipinski definition) is 3. The van der Waals surface area contributed by atoms with E-state index in [1.807, 2.05) is 6.92 Å². The fourth-order valence-corrected chi connectivity index (χ4v) is 3.59. The summed E-state index contributed by atoms with van der Waals surface area (Å²) in [6.45, 7) is 6.37. The van der Waals surface area contributed by atoms with Gasteiger partial charge in [0.2, 0.25) is 0 Å². The van der Waals surface area contributed by atoms with E-state index in [2.05, 4.69) is 11.6 Å². The molecule has 1 heterocycles. The van der Waals surface area contributed by atoms with E-state index in [4.69, 9.17) is 4.74 Å². The summed E-state index contributed by atoms with van der Waals surface area (Å²) < 4.78 is 22.1. The van der Waals surface area contributed by atoms with E-state index >= 15 is 0 Å². The molecule has 0 radical (unpaired) electrons. The molecule has 0 atom stereocenters. The summed E-state index contributed by atoms with van der Waals surface area (Å²) in [5.74, 6) is -0.283. The van der Waals surface area contributed by atoms with E-state index < -0.39 is 5.91 Å². The largest absolute Gasteiger partial charge is 0.493 e. The van der Waals surface area contributed by atoms with Gasteiger partial charge in [-0.25, -0.2) is 4.39 Å². The average molecular weight is 356 g/mol. The van der Waals surface area contributed by atoms with Gasteiger partial charge in [0.25, 0.3) is 5.91 Å². The van der Waals surface area contributed by atoms with E-state index in [1.165, 1.54) is 17.4 Å². The Morgan fingerprint density at radius 1 is 1.32 bits per heavy atom. The molecule has 4 nitrogen and oxygen atoms in total. The van der Waals surface area contributed by atoms with Gasteiger partial charge in [-0.2, -0.15) is 4.99 Å². The highest BCUT2D eigenvalue weighted by Gasteiger charge is 2.14. The van der Waals surface area contributed by atoms with E-state index in [1.54, 1.807) is 47.0 Å². The minimum atomic E-state index is -0.422. The molecule has 1 aromatic heterocycles. The van der Waals surface area contributed by atoms with Gasteiger partial charge in [-0.1, -0.05) is 35.6 Å². The van der Waals surface area contributed by atoms with E-state index in [9.17, 15) is 9.18 Å². The number of allylic oxidation sites excluding steroid dienone is 1. The first-order valence-electron chi connectivity index (χ1n) is 7.85. The lowest BCUT2D eigenvalue weighted by atomic mass is 10.2. The Balaban J connectivity index is 2.16. The minimum absolute atomic E-state index is 0.348. The number of thiazole rings is 1. The number of nitrogens with zero attached hydrogens (tertiary/aromatic N) is 2. The van der Waals surface area contributed by atoms with Gasteiger partial charge < -0.3 is 9.30 Å². The van der Waals surface area contributed by atoms with E-state index in [-0.39, 0.29) is 5.82 Å². The van der Waals surface area contributed by atoms with Gasteiger partial charge in [-0.3, -0.25) is 4.79 Å². The van der Waals surface area contributed by atoms with Crippen molar-refractivity contribution in [1.29, 1.82) is 0 Å². The van der Waals surface area contributed by atoms with E-state index in [0.717, 1.165) is 4.70 Å². The molecule has 0 unspecified atom stereocenters. The SMILES string of the molecule is C=CCn1c(=NC(=O)c2ccccc2OCC)sc2cccc(F)c21. The summed E-state index contributed by atoms with van der Waals surface area (Å²) in [5, 5.41) is 0. The molecule has 0 aliphatic carbocycles. The summed E-state index contributed by atoms with van der Waals surface area (Å²) in [6.07, 6.45) is 1.65. The van der Waals surface area contributed by atoms with Crippen LogP contribution in [0.1, 0.15) is 17.3 Å². The first-order chi connectivity index (χ1) is 12.2. The number of carbonyl (C=O) groups is 1. The van der Waals surface area contributed by atoms with Crippen LogP contribution in [0.15, 0.2) is 60.1 Å². The number of hydrogen-bond donors (Lipinski definition) is 0. The van der Waals surface area contributed by atoms with Crippen LogP contribution in [-0.2, 0) is 6.54 Å². The van der Waals surface area contributed by atoms with Crippen LogP contribution in [-0.4, -0.2) is 17.1 Å². The van der Waals surface area contributed by atoms with Gasteiger partial charge in [0.05, 0.1) is 22.4 Å². The van der Waals surface area contributed by atoms with Crippen molar-refractivity contribution in [1.82, 2.24) is 4.57 Å². The molecule has 25 heavy (non-hydrogen) atoms. The number of amides is 1. The zero-order valence-electron chi connectivity index (χ0n) is 13.7. The summed E-state index contributed by atoms with van der Waals surface area (Å²) in [6, 6.07) is 11.8. The summed E-state index contributed by atoms with van der Waals surface area (Å²) >= 11 is 1.27. The maximum atomic E-state index is 14.2. The number of carbonyl (C=O) groups excluding carboxylic acids is 1. The van der Waals surface area contributed by atoms with Gasteiger partial charge in [0.1, 0.15) is 11.6 Å². The van der Waals surface area contributed by atoms with E-state index in [0.29, 0.717) is 34.8 Å². The van der Waals surface area contributed by atoms with Crippen molar-refractivity contribution in [3.63, 3.8) is 0 Å². The summed E-state index contributed by atoms with van der Waals surface area (Å²) in [4.78, 5) is 17.3. The zero-order valence-corrected chi connectivity index (χ0v) is 14.6. The van der Waals surface area contributed by atoms with Crippen LogP contribution in [0.4, 0.5) is 4.39 Å². The molecule has 2 aromatic carbocycles. The Kier molecular flexibility index (Phi) is 5.09. The molecule has 0 fully saturated rings. The predicted octanol–water partition coefficient (Wildman–Crippen LogP) is 4.17. The first-order valence-corrected chi connectivity index (χ1v) is 8.67. The van der Waals surface area contributed by atoms with Crippen molar-refractivity contribution in [2.45, 2.75) is 13.5 Å². The van der Waals surface area contributed by atoms with Crippen LogP contribution < -0.4 is 9.54 Å². The van der Waals surface area contributed by atoms with Crippen molar-refractivity contribution in [2.75, 3.05) is 6.61 Å². The molecule has 1 amide bonds. The molecular weight excluding hydrogens is 339 g/mol. The molecule has 128 valence electrons. The Hall–Kier alpha value is -2.73. The highest BCUT2D eigenvalue weighted by Crippen LogP contribution is 2.22. The quantitative estimate of drug-likeness (QED) is 0.644. The lowest BCUT2D eigenvalue weighted by molar-refractivity contribution is 0.0994. The van der Waals surface area contributed by atoms with Crippen LogP contribution in [0.2, 0.25) is 0 Å². The Morgan fingerprint density at radius 2 is 2.12 bits per heavy atom. The lowest BCUT2D eigenvalue weighted by Gasteiger charge is -2.06. The number of rotatable bonds is 5. The maximum Gasteiger partial charge on any atom is 0.283 e. The van der Waals surface area contributed by atoms with Crippen LogP contribution in [0, 0.1) is 5.82 Å². The number of ether oxygens (including phenoxy) is 1.